The first-order chi connectivity index (χ1) is 31.4. The minimum atomic E-state index is -0.531. The summed E-state index contributed by atoms with van der Waals surface area (Å²) in [5, 5.41) is 2.65. The van der Waals surface area contributed by atoms with Crippen molar-refractivity contribution < 1.29 is 19.1 Å². The van der Waals surface area contributed by atoms with E-state index in [2.05, 4.69) is 42.9 Å². The van der Waals surface area contributed by atoms with Gasteiger partial charge in [0, 0.05) is 87.7 Å². The number of benzene rings is 2. The zero-order valence-corrected chi connectivity index (χ0v) is 39.7. The molecule has 2 aliphatic heterocycles. The third-order valence-corrected chi connectivity index (χ3v) is 11.3. The van der Waals surface area contributed by atoms with Crippen molar-refractivity contribution in [2.45, 2.75) is 26.4 Å². The van der Waals surface area contributed by atoms with E-state index in [9.17, 15) is 24.0 Å². The number of hydrogen-bond acceptors (Lipinski definition) is 12. The molecule has 2 fully saturated rings. The maximum absolute atomic E-state index is 12.3. The highest BCUT2D eigenvalue weighted by Crippen LogP contribution is 2.33. The number of nitrogens with zero attached hydrogens (tertiary/aromatic N) is 10. The molecule has 0 radical (unpaired) electrons. The van der Waals surface area contributed by atoms with Crippen LogP contribution in [0.4, 0.5) is 16.4 Å². The number of rotatable bonds is 6. The van der Waals surface area contributed by atoms with E-state index in [1.54, 1.807) is 34.1 Å². The van der Waals surface area contributed by atoms with E-state index in [0.717, 1.165) is 28.5 Å². The number of pyridine rings is 2. The molecule has 0 N–H and O–H groups in total. The molecule has 344 valence electrons. The van der Waals surface area contributed by atoms with Gasteiger partial charge in [0.25, 0.3) is 11.1 Å². The number of fused-ring (bicyclic) bond motifs is 2. The van der Waals surface area contributed by atoms with Crippen LogP contribution in [0.2, 0.25) is 20.1 Å². The highest BCUT2D eigenvalue weighted by atomic mass is 35.5. The lowest BCUT2D eigenvalue weighted by molar-refractivity contribution is -0.126. The quantitative estimate of drug-likeness (QED) is 0.117. The van der Waals surface area contributed by atoms with Gasteiger partial charge in [-0.05, 0) is 80.9 Å². The van der Waals surface area contributed by atoms with Crippen molar-refractivity contribution in [2.75, 3.05) is 62.2 Å². The van der Waals surface area contributed by atoms with E-state index in [0.29, 0.717) is 94.9 Å². The third-order valence-electron chi connectivity index (χ3n) is 10.1. The average Bonchev–Trinajstić information content (AvgIpc) is 3.29. The molecule has 66 heavy (non-hydrogen) atoms. The number of ether oxygens (including phenoxy) is 1. The molecule has 2 aromatic carbocycles. The van der Waals surface area contributed by atoms with Gasteiger partial charge in [-0.3, -0.25) is 28.3 Å². The number of hydrogen-bond donors (Lipinski definition) is 0. The summed E-state index contributed by atoms with van der Waals surface area (Å²) in [6.45, 7) is 16.8. The maximum Gasteiger partial charge on any atom is 0.410 e. The third kappa shape index (κ3) is 12.0. The second-order valence-electron chi connectivity index (χ2n) is 15.6. The van der Waals surface area contributed by atoms with Gasteiger partial charge >= 0.3 is 6.09 Å². The standard InChI is InChI=1S/C22H23Cl2N5O3.C20H17Cl2N5O2.C3H3ClO/c1-22(2,3)32-21(31)28-8-6-27(7-9-28)20-15-10-16(24)18(11-17(15)25-13-26-20)29-12-14(23)4-5-19(29)30;1-2-18(28)25-5-7-26(8-6-25)20-14-9-15(22)17(10-16(14)23-12-24-20)27-11-13(21)3-4-19(27)29;1-2-3(4)5/h4-5,10-13H,6-9H2,1-3H3;2-4,9-12H,1,5-8H2;2H,1H2. The molecule has 0 atom stereocenters. The predicted octanol–water partition coefficient (Wildman–Crippen LogP) is 8.00. The van der Waals surface area contributed by atoms with Crippen molar-refractivity contribution in [3.63, 3.8) is 0 Å². The molecule has 2 aliphatic rings. The van der Waals surface area contributed by atoms with Crippen LogP contribution in [0, 0.1) is 0 Å². The Morgan fingerprint density at radius 1 is 0.621 bits per heavy atom. The van der Waals surface area contributed by atoms with E-state index in [4.69, 9.17) is 62.7 Å². The van der Waals surface area contributed by atoms with Gasteiger partial charge in [0.15, 0.2) is 0 Å². The van der Waals surface area contributed by atoms with Crippen molar-refractivity contribution >= 4 is 109 Å². The summed E-state index contributed by atoms with van der Waals surface area (Å²) in [4.78, 5) is 83.4. The van der Waals surface area contributed by atoms with Crippen molar-refractivity contribution in [3.8, 4) is 11.4 Å². The summed E-state index contributed by atoms with van der Waals surface area (Å²) in [6.07, 6.45) is 8.07. The first kappa shape index (κ1) is 49.4. The summed E-state index contributed by atoms with van der Waals surface area (Å²) in [6, 6.07) is 12.9. The minimum Gasteiger partial charge on any atom is -0.444 e. The summed E-state index contributed by atoms with van der Waals surface area (Å²) in [7, 11) is 0. The van der Waals surface area contributed by atoms with Gasteiger partial charge in [-0.15, -0.1) is 0 Å². The van der Waals surface area contributed by atoms with Crippen LogP contribution in [0.25, 0.3) is 33.2 Å². The Balaban J connectivity index is 0.000000199. The Kier molecular flexibility index (Phi) is 16.1. The fraction of sp³-hybridized carbons (Fsp3) is 0.267. The molecular formula is C45H43Cl5N10O6. The van der Waals surface area contributed by atoms with Crippen molar-refractivity contribution in [1.29, 1.82) is 0 Å². The number of amides is 2. The summed E-state index contributed by atoms with van der Waals surface area (Å²) in [5.41, 5.74) is 1.28. The van der Waals surface area contributed by atoms with Crippen LogP contribution in [-0.2, 0) is 14.3 Å². The van der Waals surface area contributed by atoms with E-state index in [1.807, 2.05) is 20.8 Å². The van der Waals surface area contributed by atoms with Crippen LogP contribution in [0.3, 0.4) is 0 Å². The van der Waals surface area contributed by atoms with Crippen molar-refractivity contribution in [3.05, 3.63) is 140 Å². The molecule has 6 heterocycles. The van der Waals surface area contributed by atoms with Crippen LogP contribution in [0.1, 0.15) is 20.8 Å². The van der Waals surface area contributed by atoms with Crippen LogP contribution in [0.15, 0.2) is 108 Å². The Morgan fingerprint density at radius 3 is 1.41 bits per heavy atom. The molecule has 2 saturated heterocycles. The van der Waals surface area contributed by atoms with Gasteiger partial charge in [-0.25, -0.2) is 24.7 Å². The maximum atomic E-state index is 12.3. The molecule has 0 saturated carbocycles. The second kappa shape index (κ2) is 21.5. The zero-order chi connectivity index (χ0) is 47.9. The Morgan fingerprint density at radius 2 is 1.03 bits per heavy atom. The van der Waals surface area contributed by atoms with E-state index in [1.165, 1.54) is 64.5 Å². The highest BCUT2D eigenvalue weighted by molar-refractivity contribution is 6.66. The first-order valence-electron chi connectivity index (χ1n) is 20.2. The Bertz CT molecular complexity index is 2940. The molecule has 4 aromatic heterocycles. The highest BCUT2D eigenvalue weighted by Gasteiger charge is 2.28. The molecule has 0 spiro atoms. The lowest BCUT2D eigenvalue weighted by Crippen LogP contribution is -2.50. The Hall–Kier alpha value is -6.04. The van der Waals surface area contributed by atoms with Gasteiger partial charge < -0.3 is 24.3 Å². The molecule has 21 heteroatoms. The number of piperazine rings is 2. The smallest absolute Gasteiger partial charge is 0.410 e. The number of aromatic nitrogens is 6. The topological polar surface area (TPSA) is 169 Å². The minimum absolute atomic E-state index is 0.0724. The molecule has 8 rings (SSSR count). The predicted molar refractivity (Wildman–Crippen MR) is 260 cm³/mol. The molecule has 0 bridgehead atoms. The number of halogens is 5. The summed E-state index contributed by atoms with van der Waals surface area (Å²) >= 11 is 29.9. The fourth-order valence-corrected chi connectivity index (χ4v) is 7.80. The van der Waals surface area contributed by atoms with Gasteiger partial charge in [0.1, 0.15) is 29.9 Å². The van der Waals surface area contributed by atoms with Gasteiger partial charge in [-0.1, -0.05) is 59.6 Å². The number of allylic oxidation sites excluding steroid dienone is 1. The lowest BCUT2D eigenvalue weighted by atomic mass is 10.2. The lowest BCUT2D eigenvalue weighted by Gasteiger charge is -2.36. The van der Waals surface area contributed by atoms with Crippen LogP contribution in [-0.4, -0.2) is 114 Å². The number of carbonyl (C=O) groups excluding carboxylic acids is 3. The average molecular weight is 997 g/mol. The molecule has 2 amide bonds. The van der Waals surface area contributed by atoms with Crippen LogP contribution in [0.5, 0.6) is 0 Å². The van der Waals surface area contributed by atoms with Crippen LogP contribution >= 0.6 is 58.0 Å². The zero-order valence-electron chi connectivity index (χ0n) is 36.0. The second-order valence-corrected chi connectivity index (χ2v) is 17.7. The SMILES string of the molecule is C=CC(=O)Cl.C=CC(=O)N1CCN(c2ncnc3cc(-n4cc(Cl)ccc4=O)c(Cl)cc23)CC1.CC(C)(C)OC(=O)N1CCN(c2ncnc3cc(-n4cc(Cl)ccc4=O)c(Cl)cc23)CC1. The normalized spacial score (nSPS) is 13.9. The van der Waals surface area contributed by atoms with Gasteiger partial charge in [0.05, 0.1) is 42.5 Å². The van der Waals surface area contributed by atoms with Crippen molar-refractivity contribution in [1.82, 2.24) is 38.9 Å². The summed E-state index contributed by atoms with van der Waals surface area (Å²) in [5.74, 6) is 1.40. The molecule has 0 aliphatic carbocycles. The molecule has 16 nitrogen and oxygen atoms in total. The molecular weight excluding hydrogens is 954 g/mol. The first-order valence-corrected chi connectivity index (χ1v) is 22.1. The monoisotopic (exact) mass is 994 g/mol. The van der Waals surface area contributed by atoms with Crippen LogP contribution < -0.4 is 20.9 Å². The summed E-state index contributed by atoms with van der Waals surface area (Å²) < 4.78 is 8.25. The van der Waals surface area contributed by atoms with Crippen molar-refractivity contribution in [2.24, 2.45) is 0 Å². The van der Waals surface area contributed by atoms with Gasteiger partial charge in [0.2, 0.25) is 11.1 Å². The fourth-order valence-electron chi connectivity index (χ4n) is 6.97. The Labute approximate surface area is 404 Å². The number of anilines is 2. The van der Waals surface area contributed by atoms with E-state index < -0.39 is 10.8 Å². The largest absolute Gasteiger partial charge is 0.444 e. The molecule has 6 aromatic rings. The molecule has 0 unspecified atom stereocenters. The van der Waals surface area contributed by atoms with E-state index >= 15 is 0 Å². The number of carbonyl (C=O) groups is 3. The van der Waals surface area contributed by atoms with E-state index in [-0.39, 0.29) is 23.1 Å². The van der Waals surface area contributed by atoms with Gasteiger partial charge in [-0.2, -0.15) is 0 Å².